The van der Waals surface area contributed by atoms with Gasteiger partial charge in [0.25, 0.3) is 11.8 Å². The van der Waals surface area contributed by atoms with Crippen molar-refractivity contribution in [3.63, 3.8) is 0 Å². The summed E-state index contributed by atoms with van der Waals surface area (Å²) in [6, 6.07) is 17.3. The fraction of sp³-hybridized carbons (Fsp3) is 0.208. The molecule has 0 bridgehead atoms. The second-order valence-electron chi connectivity index (χ2n) is 7.70. The number of furan rings is 1. The zero-order valence-corrected chi connectivity index (χ0v) is 17.1. The number of benzene rings is 2. The van der Waals surface area contributed by atoms with E-state index in [1.54, 1.807) is 54.6 Å². The lowest BCUT2D eigenvalue weighted by Crippen LogP contribution is -2.23. The summed E-state index contributed by atoms with van der Waals surface area (Å²) in [4.78, 5) is 36.5. The molecule has 1 aromatic heterocycles. The molecule has 4 rings (SSSR count). The van der Waals surface area contributed by atoms with E-state index < -0.39 is 0 Å². The van der Waals surface area contributed by atoms with Crippen LogP contribution in [-0.4, -0.2) is 17.7 Å². The lowest BCUT2D eigenvalue weighted by Gasteiger charge is -2.09. The van der Waals surface area contributed by atoms with Crippen molar-refractivity contribution in [2.75, 3.05) is 10.6 Å². The molecule has 0 saturated heterocycles. The van der Waals surface area contributed by atoms with Crippen molar-refractivity contribution in [2.24, 2.45) is 11.8 Å². The molecule has 158 valence electrons. The molecule has 1 saturated carbocycles. The Hall–Kier alpha value is -3.87. The highest BCUT2D eigenvalue weighted by Crippen LogP contribution is 2.38. The van der Waals surface area contributed by atoms with Crippen LogP contribution in [0.2, 0.25) is 0 Å². The molecule has 2 aromatic carbocycles. The Bertz CT molecular complexity index is 1090. The van der Waals surface area contributed by atoms with Crippen molar-refractivity contribution in [1.29, 1.82) is 0 Å². The van der Waals surface area contributed by atoms with E-state index >= 15 is 0 Å². The molecule has 7 nitrogen and oxygen atoms in total. The van der Waals surface area contributed by atoms with Gasteiger partial charge in [-0.1, -0.05) is 19.1 Å². The lowest BCUT2D eigenvalue weighted by molar-refractivity contribution is -0.117. The summed E-state index contributed by atoms with van der Waals surface area (Å²) in [5.74, 6) is 0.242. The first-order valence-electron chi connectivity index (χ1n) is 10.1. The van der Waals surface area contributed by atoms with Crippen LogP contribution in [0.3, 0.4) is 0 Å². The molecule has 0 aliphatic heterocycles. The Morgan fingerprint density at radius 3 is 2.39 bits per heavy atom. The Labute approximate surface area is 179 Å². The van der Waals surface area contributed by atoms with Gasteiger partial charge in [-0.2, -0.15) is 0 Å². The summed E-state index contributed by atoms with van der Waals surface area (Å²) in [5.41, 5.74) is 2.63. The molecular formula is C24H23N3O4. The van der Waals surface area contributed by atoms with Gasteiger partial charge >= 0.3 is 0 Å². The van der Waals surface area contributed by atoms with Crippen LogP contribution in [0.25, 0.3) is 0 Å². The van der Waals surface area contributed by atoms with Crippen LogP contribution in [0.1, 0.15) is 39.8 Å². The first-order chi connectivity index (χ1) is 15.0. The van der Waals surface area contributed by atoms with Crippen LogP contribution < -0.4 is 16.0 Å². The van der Waals surface area contributed by atoms with Crippen LogP contribution in [0.5, 0.6) is 0 Å². The molecule has 2 unspecified atom stereocenters. The smallest absolute Gasteiger partial charge is 0.291 e. The van der Waals surface area contributed by atoms with Gasteiger partial charge in [-0.05, 0) is 66.4 Å². The van der Waals surface area contributed by atoms with Gasteiger partial charge in [0.2, 0.25) is 5.91 Å². The number of amides is 3. The van der Waals surface area contributed by atoms with Crippen molar-refractivity contribution >= 4 is 29.1 Å². The maximum Gasteiger partial charge on any atom is 0.291 e. The van der Waals surface area contributed by atoms with Gasteiger partial charge in [0, 0.05) is 29.4 Å². The largest absolute Gasteiger partial charge is 0.459 e. The van der Waals surface area contributed by atoms with Crippen LogP contribution in [0, 0.1) is 11.8 Å². The summed E-state index contributed by atoms with van der Waals surface area (Å²) in [6.45, 7) is 2.36. The molecule has 1 heterocycles. The third kappa shape index (κ3) is 5.19. The predicted molar refractivity (Wildman–Crippen MR) is 117 cm³/mol. The second-order valence-corrected chi connectivity index (χ2v) is 7.70. The van der Waals surface area contributed by atoms with E-state index in [0.717, 1.165) is 12.0 Å². The molecule has 3 amide bonds. The van der Waals surface area contributed by atoms with Gasteiger partial charge in [0.15, 0.2) is 5.76 Å². The summed E-state index contributed by atoms with van der Waals surface area (Å²) in [7, 11) is 0. The molecule has 0 radical (unpaired) electrons. The van der Waals surface area contributed by atoms with Crippen LogP contribution in [0.15, 0.2) is 71.3 Å². The summed E-state index contributed by atoms with van der Waals surface area (Å²) in [5, 5.41) is 8.50. The number of carbonyl (C=O) groups excluding carboxylic acids is 3. The highest BCUT2D eigenvalue weighted by atomic mass is 16.3. The predicted octanol–water partition coefficient (Wildman–Crippen LogP) is 4.06. The van der Waals surface area contributed by atoms with Crippen molar-refractivity contribution in [3.05, 3.63) is 83.8 Å². The molecule has 1 fully saturated rings. The minimum Gasteiger partial charge on any atom is -0.459 e. The fourth-order valence-corrected chi connectivity index (χ4v) is 3.27. The number of hydrogen-bond acceptors (Lipinski definition) is 4. The molecular weight excluding hydrogens is 394 g/mol. The number of anilines is 2. The van der Waals surface area contributed by atoms with Crippen molar-refractivity contribution in [1.82, 2.24) is 5.32 Å². The average molecular weight is 417 g/mol. The Kier molecular flexibility index (Phi) is 5.84. The van der Waals surface area contributed by atoms with E-state index in [2.05, 4.69) is 22.9 Å². The highest BCUT2D eigenvalue weighted by Gasteiger charge is 2.39. The van der Waals surface area contributed by atoms with Gasteiger partial charge in [0.1, 0.15) is 0 Å². The number of carbonyl (C=O) groups is 3. The van der Waals surface area contributed by atoms with Crippen molar-refractivity contribution in [3.8, 4) is 0 Å². The molecule has 1 aliphatic carbocycles. The number of nitrogens with one attached hydrogen (secondary N) is 3. The molecule has 31 heavy (non-hydrogen) atoms. The van der Waals surface area contributed by atoms with Crippen LogP contribution in [0.4, 0.5) is 11.4 Å². The molecule has 3 aromatic rings. The molecule has 7 heteroatoms. The van der Waals surface area contributed by atoms with Crippen LogP contribution in [-0.2, 0) is 11.3 Å². The van der Waals surface area contributed by atoms with Gasteiger partial charge in [-0.15, -0.1) is 0 Å². The highest BCUT2D eigenvalue weighted by molar-refractivity contribution is 6.02. The third-order valence-corrected chi connectivity index (χ3v) is 5.24. The third-order valence-electron chi connectivity index (χ3n) is 5.24. The van der Waals surface area contributed by atoms with Gasteiger partial charge < -0.3 is 20.4 Å². The van der Waals surface area contributed by atoms with Gasteiger partial charge in [-0.3, -0.25) is 14.4 Å². The van der Waals surface area contributed by atoms with E-state index in [1.165, 1.54) is 6.26 Å². The Morgan fingerprint density at radius 1 is 0.935 bits per heavy atom. The first-order valence-corrected chi connectivity index (χ1v) is 10.1. The van der Waals surface area contributed by atoms with Crippen molar-refractivity contribution < 1.29 is 18.8 Å². The van der Waals surface area contributed by atoms with Gasteiger partial charge in [0.05, 0.1) is 6.26 Å². The van der Waals surface area contributed by atoms with E-state index in [-0.39, 0.29) is 29.4 Å². The summed E-state index contributed by atoms with van der Waals surface area (Å²) < 4.78 is 5.08. The normalized spacial score (nSPS) is 16.9. The van der Waals surface area contributed by atoms with E-state index in [1.807, 2.05) is 6.07 Å². The fourth-order valence-electron chi connectivity index (χ4n) is 3.27. The van der Waals surface area contributed by atoms with Crippen LogP contribution >= 0.6 is 0 Å². The number of rotatable bonds is 7. The van der Waals surface area contributed by atoms with Gasteiger partial charge in [-0.25, -0.2) is 0 Å². The molecule has 0 spiro atoms. The Balaban J connectivity index is 1.30. The number of hydrogen-bond donors (Lipinski definition) is 3. The average Bonchev–Trinajstić information content (AvgIpc) is 3.25. The minimum absolute atomic E-state index is 0.0312. The van der Waals surface area contributed by atoms with E-state index in [0.29, 0.717) is 29.4 Å². The monoisotopic (exact) mass is 417 g/mol. The van der Waals surface area contributed by atoms with Crippen molar-refractivity contribution in [2.45, 2.75) is 19.9 Å². The standard InChI is InChI=1S/C24H23N3O4/c1-15-12-20(15)23(29)26-18-9-7-17(8-10-18)22(28)25-14-16-4-2-5-19(13-16)27-24(30)21-6-3-11-31-21/h2-11,13,15,20H,12,14H2,1H3,(H,25,28)(H,26,29)(H,27,30). The van der Waals surface area contributed by atoms with E-state index in [9.17, 15) is 14.4 Å². The summed E-state index contributed by atoms with van der Waals surface area (Å²) >= 11 is 0. The topological polar surface area (TPSA) is 100 Å². The lowest BCUT2D eigenvalue weighted by atomic mass is 10.1. The molecule has 2 atom stereocenters. The zero-order chi connectivity index (χ0) is 21.8. The molecule has 3 N–H and O–H groups in total. The second kappa shape index (κ2) is 8.87. The zero-order valence-electron chi connectivity index (χ0n) is 17.1. The van der Waals surface area contributed by atoms with E-state index in [4.69, 9.17) is 4.42 Å². The minimum atomic E-state index is -0.338. The SMILES string of the molecule is CC1CC1C(=O)Nc1ccc(C(=O)NCc2cccc(NC(=O)c3ccco3)c2)cc1. The maximum absolute atomic E-state index is 12.5. The molecule has 1 aliphatic rings. The quantitative estimate of drug-likeness (QED) is 0.540. The summed E-state index contributed by atoms with van der Waals surface area (Å²) in [6.07, 6.45) is 2.37. The Morgan fingerprint density at radius 2 is 1.71 bits per heavy atom. The first kappa shape index (κ1) is 20.4. The maximum atomic E-state index is 12.5.